The summed E-state index contributed by atoms with van der Waals surface area (Å²) in [5.74, 6) is 0. The lowest BCUT2D eigenvalue weighted by Crippen LogP contribution is -2.15. The minimum Gasteiger partial charge on any atom is -0.0859 e. The van der Waals surface area contributed by atoms with Gasteiger partial charge < -0.3 is 0 Å². The van der Waals surface area contributed by atoms with Crippen molar-refractivity contribution < 1.29 is 0 Å². The molecule has 0 heterocycles. The molecule has 1 atom stereocenters. The average Bonchev–Trinajstić information content (AvgIpc) is 2.17. The summed E-state index contributed by atoms with van der Waals surface area (Å²) in [7, 11) is 0. The molecule has 0 saturated carbocycles. The summed E-state index contributed by atoms with van der Waals surface area (Å²) in [6, 6.07) is 10.2. The van der Waals surface area contributed by atoms with Gasteiger partial charge in [0.15, 0.2) is 0 Å². The first kappa shape index (κ1) is 9.81. The lowest BCUT2D eigenvalue weighted by atomic mass is 9.89. The smallest absolute Gasteiger partial charge is 0.0625 e. The summed E-state index contributed by atoms with van der Waals surface area (Å²) in [6.07, 6.45) is 5.19. The van der Waals surface area contributed by atoms with Crippen LogP contribution in [-0.2, 0) is 6.42 Å². The largest absolute Gasteiger partial charge is 0.0859 e. The first-order valence-electron chi connectivity index (χ1n) is 5.17. The molecule has 0 N–H and O–H groups in total. The van der Waals surface area contributed by atoms with Crippen molar-refractivity contribution in [1.29, 1.82) is 0 Å². The van der Waals surface area contributed by atoms with Crippen LogP contribution in [0.5, 0.6) is 0 Å². The predicted octanol–water partition coefficient (Wildman–Crippen LogP) is 3.63. The van der Waals surface area contributed by atoms with Crippen molar-refractivity contribution in [3.05, 3.63) is 58.0 Å². The van der Waals surface area contributed by atoms with Gasteiger partial charge in [-0.05, 0) is 30.4 Å². The van der Waals surface area contributed by atoms with Crippen molar-refractivity contribution in [1.82, 2.24) is 0 Å². The van der Waals surface area contributed by atoms with E-state index in [4.69, 9.17) is 5.53 Å². The van der Waals surface area contributed by atoms with Crippen LogP contribution in [0, 0.1) is 0 Å². The predicted molar refractivity (Wildman–Crippen MR) is 60.4 cm³/mol. The number of nitrogens with zero attached hydrogens (tertiary/aromatic N) is 3. The second kappa shape index (κ2) is 4.67. The molecule has 0 fully saturated rings. The lowest BCUT2D eigenvalue weighted by molar-refractivity contribution is 0.672. The number of allylic oxidation sites excluding steroid dienone is 1. The van der Waals surface area contributed by atoms with Crippen LogP contribution in [0.25, 0.3) is 10.4 Å². The molecular weight excluding hydrogens is 186 g/mol. The van der Waals surface area contributed by atoms with Gasteiger partial charge in [-0.2, -0.15) is 0 Å². The maximum Gasteiger partial charge on any atom is 0.0625 e. The Morgan fingerprint density at radius 1 is 1.33 bits per heavy atom. The molecule has 0 saturated heterocycles. The molecule has 3 nitrogen and oxygen atoms in total. The molecule has 76 valence electrons. The van der Waals surface area contributed by atoms with Gasteiger partial charge in [0.25, 0.3) is 0 Å². The summed E-state index contributed by atoms with van der Waals surface area (Å²) in [4.78, 5) is 2.92. The van der Waals surface area contributed by atoms with E-state index in [1.54, 1.807) is 0 Å². The Morgan fingerprint density at radius 3 is 2.60 bits per heavy atom. The van der Waals surface area contributed by atoms with E-state index in [2.05, 4.69) is 28.2 Å². The third kappa shape index (κ3) is 2.39. The van der Waals surface area contributed by atoms with E-state index in [1.165, 1.54) is 11.1 Å². The first-order chi connectivity index (χ1) is 7.40. The van der Waals surface area contributed by atoms with Crippen molar-refractivity contribution >= 4 is 0 Å². The highest BCUT2D eigenvalue weighted by atomic mass is 15.1. The summed E-state index contributed by atoms with van der Waals surface area (Å²) in [6.45, 7) is 0. The zero-order valence-electron chi connectivity index (χ0n) is 8.50. The van der Waals surface area contributed by atoms with E-state index >= 15 is 0 Å². The molecule has 1 aliphatic rings. The van der Waals surface area contributed by atoms with E-state index < -0.39 is 0 Å². The molecule has 1 aromatic rings. The van der Waals surface area contributed by atoms with E-state index in [0.29, 0.717) is 0 Å². The van der Waals surface area contributed by atoms with E-state index in [0.717, 1.165) is 19.3 Å². The van der Waals surface area contributed by atoms with Crippen LogP contribution in [0.4, 0.5) is 0 Å². The molecule has 0 radical (unpaired) electrons. The van der Waals surface area contributed by atoms with Gasteiger partial charge in [0.1, 0.15) is 0 Å². The molecule has 1 aromatic carbocycles. The molecule has 1 unspecified atom stereocenters. The van der Waals surface area contributed by atoms with Crippen LogP contribution < -0.4 is 0 Å². The van der Waals surface area contributed by atoms with Crippen molar-refractivity contribution in [2.45, 2.75) is 25.3 Å². The van der Waals surface area contributed by atoms with Gasteiger partial charge in [-0.15, -0.1) is 0 Å². The number of hydrogen-bond acceptors (Lipinski definition) is 1. The summed E-state index contributed by atoms with van der Waals surface area (Å²) >= 11 is 0. The fourth-order valence-corrected chi connectivity index (χ4v) is 1.76. The van der Waals surface area contributed by atoms with Gasteiger partial charge in [0, 0.05) is 4.91 Å². The molecule has 0 aromatic heterocycles. The molecule has 3 heteroatoms. The quantitative estimate of drug-likeness (QED) is 0.308. The van der Waals surface area contributed by atoms with Gasteiger partial charge in [0.2, 0.25) is 0 Å². The molecule has 2 rings (SSSR count). The van der Waals surface area contributed by atoms with Crippen LogP contribution in [0.1, 0.15) is 18.4 Å². The van der Waals surface area contributed by atoms with Gasteiger partial charge in [-0.25, -0.2) is 0 Å². The maximum atomic E-state index is 8.51. The van der Waals surface area contributed by atoms with Crippen molar-refractivity contribution in [2.75, 3.05) is 0 Å². The fraction of sp³-hybridized carbons (Fsp3) is 0.333. The molecule has 0 aliphatic heterocycles. The summed E-state index contributed by atoms with van der Waals surface area (Å²) < 4.78 is 0. The highest BCUT2D eigenvalue weighted by molar-refractivity contribution is 5.25. The van der Waals surface area contributed by atoms with Crippen molar-refractivity contribution in [3.8, 4) is 0 Å². The number of hydrogen-bond donors (Lipinski definition) is 0. The third-order valence-electron chi connectivity index (χ3n) is 2.73. The molecule has 1 aliphatic carbocycles. The number of benzene rings is 1. The Kier molecular flexibility index (Phi) is 3.05. The summed E-state index contributed by atoms with van der Waals surface area (Å²) in [5.41, 5.74) is 11.0. The zero-order chi connectivity index (χ0) is 10.5. The number of rotatable bonds is 4. The third-order valence-corrected chi connectivity index (χ3v) is 2.73. The first-order valence-corrected chi connectivity index (χ1v) is 5.17. The molecule has 0 spiro atoms. The lowest BCUT2D eigenvalue weighted by Gasteiger charge is -2.21. The SMILES string of the molecule is [N-]=[N+]=NC(Cc1ccccc1)C1=CCC1. The molecular formula is C12H13N3. The Bertz CT molecular complexity index is 402. The van der Waals surface area contributed by atoms with Gasteiger partial charge in [-0.3, -0.25) is 0 Å². The van der Waals surface area contributed by atoms with Crippen LogP contribution in [-0.4, -0.2) is 6.04 Å². The zero-order valence-corrected chi connectivity index (χ0v) is 8.50. The van der Waals surface area contributed by atoms with Crippen molar-refractivity contribution in [2.24, 2.45) is 5.11 Å². The Labute approximate surface area is 89.1 Å². The van der Waals surface area contributed by atoms with Gasteiger partial charge in [-0.1, -0.05) is 47.1 Å². The standard InChI is InChI=1S/C12H13N3/c13-15-14-12(11-7-4-8-11)9-10-5-2-1-3-6-10/h1-3,5-7,12H,4,8-9H2. The highest BCUT2D eigenvalue weighted by Gasteiger charge is 2.17. The Balaban J connectivity index is 2.10. The van der Waals surface area contributed by atoms with Gasteiger partial charge >= 0.3 is 0 Å². The average molecular weight is 199 g/mol. The van der Waals surface area contributed by atoms with Crippen LogP contribution in [0.3, 0.4) is 0 Å². The minimum absolute atomic E-state index is 0.0196. The monoisotopic (exact) mass is 199 g/mol. The van der Waals surface area contributed by atoms with Gasteiger partial charge in [0.05, 0.1) is 6.04 Å². The van der Waals surface area contributed by atoms with E-state index in [-0.39, 0.29) is 6.04 Å². The van der Waals surface area contributed by atoms with Crippen LogP contribution in [0.15, 0.2) is 47.1 Å². The van der Waals surface area contributed by atoms with E-state index in [9.17, 15) is 0 Å². The molecule has 0 bridgehead atoms. The fourth-order valence-electron chi connectivity index (χ4n) is 1.76. The van der Waals surface area contributed by atoms with E-state index in [1.807, 2.05) is 18.2 Å². The van der Waals surface area contributed by atoms with Crippen LogP contribution >= 0.6 is 0 Å². The number of azide groups is 1. The Hall–Kier alpha value is -1.73. The van der Waals surface area contributed by atoms with Crippen LogP contribution in [0.2, 0.25) is 0 Å². The molecule has 15 heavy (non-hydrogen) atoms. The Morgan fingerprint density at radius 2 is 2.07 bits per heavy atom. The normalized spacial score (nSPS) is 15.9. The van der Waals surface area contributed by atoms with Crippen molar-refractivity contribution in [3.63, 3.8) is 0 Å². The highest BCUT2D eigenvalue weighted by Crippen LogP contribution is 2.26. The second-order valence-electron chi connectivity index (χ2n) is 3.73. The topological polar surface area (TPSA) is 48.8 Å². The summed E-state index contributed by atoms with van der Waals surface area (Å²) in [5, 5.41) is 3.85. The minimum atomic E-state index is 0.0196. The maximum absolute atomic E-state index is 8.51. The molecule has 0 amide bonds. The second-order valence-corrected chi connectivity index (χ2v) is 3.73.